The van der Waals surface area contributed by atoms with Crippen molar-refractivity contribution in [1.29, 1.82) is 5.26 Å². The highest BCUT2D eigenvalue weighted by Gasteiger charge is 2.13. The highest BCUT2D eigenvalue weighted by molar-refractivity contribution is 5.86. The Hall–Kier alpha value is -5.17. The van der Waals surface area contributed by atoms with Crippen LogP contribution in [0.25, 0.3) is 11.3 Å². The molecule has 10 heteroatoms. The number of nitrogens with one attached hydrogen (secondary N) is 2. The summed E-state index contributed by atoms with van der Waals surface area (Å²) >= 11 is 0. The summed E-state index contributed by atoms with van der Waals surface area (Å²) in [7, 11) is 1.28. The number of aromatic nitrogens is 2. The van der Waals surface area contributed by atoms with Gasteiger partial charge >= 0.3 is 5.97 Å². The minimum Gasteiger partial charge on any atom is -0.486 e. The average molecular weight is 469 g/mol. The van der Waals surface area contributed by atoms with Crippen LogP contribution < -0.4 is 15.7 Å². The summed E-state index contributed by atoms with van der Waals surface area (Å²) in [6.07, 6.45) is 1.54. The van der Waals surface area contributed by atoms with E-state index in [4.69, 9.17) is 9.15 Å². The number of hydrogen-bond acceptors (Lipinski definition) is 9. The summed E-state index contributed by atoms with van der Waals surface area (Å²) in [5, 5.41) is 13.4. The lowest BCUT2D eigenvalue weighted by Gasteiger charge is -2.06. The van der Waals surface area contributed by atoms with E-state index in [1.807, 2.05) is 12.1 Å². The van der Waals surface area contributed by atoms with E-state index in [0.29, 0.717) is 17.1 Å². The van der Waals surface area contributed by atoms with Gasteiger partial charge in [0.15, 0.2) is 0 Å². The van der Waals surface area contributed by atoms with E-state index < -0.39 is 11.5 Å². The normalized spacial score (nSPS) is 10.6. The number of anilines is 1. The summed E-state index contributed by atoms with van der Waals surface area (Å²) < 4.78 is 15.6. The Kier molecular flexibility index (Phi) is 6.99. The van der Waals surface area contributed by atoms with Gasteiger partial charge in [-0.3, -0.25) is 9.78 Å². The molecule has 0 saturated carbocycles. The van der Waals surface area contributed by atoms with E-state index in [0.717, 1.165) is 5.56 Å². The van der Waals surface area contributed by atoms with Crippen LogP contribution in [0.15, 0.2) is 81.0 Å². The highest BCUT2D eigenvalue weighted by atomic mass is 16.5. The van der Waals surface area contributed by atoms with Gasteiger partial charge in [0.25, 0.3) is 5.56 Å². The summed E-state index contributed by atoms with van der Waals surface area (Å²) in [6, 6.07) is 21.1. The molecule has 0 spiro atoms. The summed E-state index contributed by atoms with van der Waals surface area (Å²) in [6.45, 7) is 0.146. The maximum absolute atomic E-state index is 12.3. The van der Waals surface area contributed by atoms with E-state index in [2.05, 4.69) is 25.2 Å². The lowest BCUT2D eigenvalue weighted by molar-refractivity contribution is 0.0561. The van der Waals surface area contributed by atoms with Gasteiger partial charge in [-0.1, -0.05) is 30.3 Å². The molecule has 35 heavy (non-hydrogen) atoms. The number of hydrazone groups is 1. The molecule has 2 aromatic heterocycles. The first-order chi connectivity index (χ1) is 17.1. The third kappa shape index (κ3) is 5.61. The topological polar surface area (TPSA) is 143 Å². The number of carbonyl (C=O) groups is 1. The van der Waals surface area contributed by atoms with Gasteiger partial charge in [0.05, 0.1) is 19.0 Å². The van der Waals surface area contributed by atoms with E-state index in [1.54, 1.807) is 60.8 Å². The number of furan rings is 1. The van der Waals surface area contributed by atoms with E-state index in [9.17, 15) is 14.9 Å². The molecule has 0 aliphatic carbocycles. The van der Waals surface area contributed by atoms with Crippen molar-refractivity contribution in [2.75, 3.05) is 12.5 Å². The fraction of sp³-hybridized carbons (Fsp3) is 0.0800. The van der Waals surface area contributed by atoms with Crippen LogP contribution in [0.1, 0.15) is 27.4 Å². The Morgan fingerprint density at radius 1 is 1.17 bits per heavy atom. The van der Waals surface area contributed by atoms with Gasteiger partial charge in [-0.25, -0.2) is 15.2 Å². The van der Waals surface area contributed by atoms with E-state index in [-0.39, 0.29) is 29.6 Å². The molecule has 0 bridgehead atoms. The van der Waals surface area contributed by atoms with Crippen molar-refractivity contribution in [3.63, 3.8) is 0 Å². The number of esters is 1. The zero-order valence-electron chi connectivity index (χ0n) is 18.5. The van der Waals surface area contributed by atoms with Crippen molar-refractivity contribution in [2.24, 2.45) is 5.10 Å². The van der Waals surface area contributed by atoms with Crippen molar-refractivity contribution in [3.8, 4) is 23.1 Å². The number of benzene rings is 2. The second kappa shape index (κ2) is 10.6. The molecule has 2 N–H and O–H groups in total. The smallest absolute Gasteiger partial charge is 0.373 e. The maximum Gasteiger partial charge on any atom is 0.373 e. The fourth-order valence-electron chi connectivity index (χ4n) is 3.07. The van der Waals surface area contributed by atoms with Crippen LogP contribution in [-0.4, -0.2) is 29.3 Å². The maximum atomic E-state index is 12.3. The van der Waals surface area contributed by atoms with Gasteiger partial charge in [0.1, 0.15) is 29.7 Å². The van der Waals surface area contributed by atoms with Gasteiger partial charge in [-0.05, 0) is 42.0 Å². The highest BCUT2D eigenvalue weighted by Crippen LogP contribution is 2.19. The lowest BCUT2D eigenvalue weighted by Crippen LogP contribution is -2.16. The number of aromatic amines is 1. The van der Waals surface area contributed by atoms with Crippen molar-refractivity contribution < 1.29 is 18.7 Å². The Morgan fingerprint density at radius 2 is 1.94 bits per heavy atom. The zero-order chi connectivity index (χ0) is 24.6. The quantitative estimate of drug-likeness (QED) is 0.226. The molecule has 4 rings (SSSR count). The third-order valence-electron chi connectivity index (χ3n) is 4.77. The van der Waals surface area contributed by atoms with Crippen LogP contribution in [0.3, 0.4) is 0 Å². The molecule has 0 saturated heterocycles. The molecule has 0 amide bonds. The third-order valence-corrected chi connectivity index (χ3v) is 4.77. The number of nitrogens with zero attached hydrogens (tertiary/aromatic N) is 3. The molecule has 4 aromatic rings. The van der Waals surface area contributed by atoms with Crippen LogP contribution in [-0.2, 0) is 11.3 Å². The number of carbonyl (C=O) groups excluding carboxylic acids is 1. The number of nitriles is 1. The molecule has 0 aliphatic rings. The fourth-order valence-corrected chi connectivity index (χ4v) is 3.07. The molecule has 2 aromatic carbocycles. The second-order valence-electron chi connectivity index (χ2n) is 7.10. The van der Waals surface area contributed by atoms with Gasteiger partial charge in [0.2, 0.25) is 11.7 Å². The first-order valence-electron chi connectivity index (χ1n) is 10.4. The van der Waals surface area contributed by atoms with Crippen LogP contribution in [0.2, 0.25) is 0 Å². The van der Waals surface area contributed by atoms with Crippen molar-refractivity contribution >= 4 is 18.1 Å². The Balaban J connectivity index is 1.39. The number of methoxy groups -OCH3 is 1. The summed E-state index contributed by atoms with van der Waals surface area (Å²) in [5.74, 6) is 0.744. The molecule has 0 atom stereocenters. The molecule has 0 unspecified atom stereocenters. The molecular formula is C25H19N5O5. The van der Waals surface area contributed by atoms with Crippen LogP contribution in [0.4, 0.5) is 5.95 Å². The average Bonchev–Trinajstić information content (AvgIpc) is 3.37. The van der Waals surface area contributed by atoms with E-state index in [1.165, 1.54) is 13.2 Å². The van der Waals surface area contributed by atoms with Crippen molar-refractivity contribution in [2.45, 2.75) is 6.61 Å². The molecular weight excluding hydrogens is 450 g/mol. The van der Waals surface area contributed by atoms with Crippen LogP contribution >= 0.6 is 0 Å². The summed E-state index contributed by atoms with van der Waals surface area (Å²) in [4.78, 5) is 30.6. The van der Waals surface area contributed by atoms with Crippen molar-refractivity contribution in [1.82, 2.24) is 9.97 Å². The largest absolute Gasteiger partial charge is 0.486 e. The van der Waals surface area contributed by atoms with Crippen LogP contribution in [0, 0.1) is 11.3 Å². The zero-order valence-corrected chi connectivity index (χ0v) is 18.5. The monoisotopic (exact) mass is 469 g/mol. The van der Waals surface area contributed by atoms with Crippen molar-refractivity contribution in [3.05, 3.63) is 99.7 Å². The Morgan fingerprint density at radius 3 is 2.66 bits per heavy atom. The molecule has 174 valence electrons. The number of hydrogen-bond donors (Lipinski definition) is 2. The molecule has 0 radical (unpaired) electrons. The molecule has 10 nitrogen and oxygen atoms in total. The first-order valence-corrected chi connectivity index (χ1v) is 10.4. The van der Waals surface area contributed by atoms with Gasteiger partial charge in [-0.15, -0.1) is 0 Å². The molecule has 0 fully saturated rings. The summed E-state index contributed by atoms with van der Waals surface area (Å²) in [5.41, 5.74) is 3.73. The SMILES string of the molecule is COC(=O)c1ccc(COc2ccc(C=NNc3nc(-c4ccccc4)c(C#N)c(=O)[nH]3)cc2)o1. The first kappa shape index (κ1) is 23.0. The predicted octanol–water partition coefficient (Wildman–Crippen LogP) is 3.71. The Bertz CT molecular complexity index is 1450. The predicted molar refractivity (Wildman–Crippen MR) is 127 cm³/mol. The Labute approximate surface area is 199 Å². The number of H-pyrrole nitrogens is 1. The minimum atomic E-state index is -0.559. The number of rotatable bonds is 8. The minimum absolute atomic E-state index is 0.0719. The van der Waals surface area contributed by atoms with Gasteiger partial charge in [-0.2, -0.15) is 10.4 Å². The second-order valence-corrected chi connectivity index (χ2v) is 7.10. The van der Waals surface area contributed by atoms with Gasteiger partial charge in [0, 0.05) is 5.56 Å². The lowest BCUT2D eigenvalue weighted by atomic mass is 10.1. The molecule has 2 heterocycles. The molecule has 0 aliphatic heterocycles. The standard InChI is InChI=1S/C25H19N5O5/c1-33-24(32)21-12-11-19(35-21)15-34-18-9-7-16(8-10-18)14-27-30-25-28-22(17-5-3-2-4-6-17)20(13-26)23(31)29-25/h2-12,14H,15H2,1H3,(H2,28,29,30,31). The number of ether oxygens (including phenoxy) is 2. The van der Waals surface area contributed by atoms with Gasteiger partial charge < -0.3 is 13.9 Å². The van der Waals surface area contributed by atoms with E-state index >= 15 is 0 Å². The van der Waals surface area contributed by atoms with Crippen LogP contribution in [0.5, 0.6) is 5.75 Å².